The van der Waals surface area contributed by atoms with Gasteiger partial charge in [-0.25, -0.2) is 9.97 Å². The van der Waals surface area contributed by atoms with Crippen LogP contribution in [0.25, 0.3) is 0 Å². The Bertz CT molecular complexity index is 1090. The average Bonchev–Trinajstić information content (AvgIpc) is 2.86. The van der Waals surface area contributed by atoms with Crippen LogP contribution in [0.3, 0.4) is 0 Å². The number of methoxy groups -OCH3 is 2. The number of ether oxygens (including phenoxy) is 2. The Balaban J connectivity index is 1.11. The predicted octanol–water partition coefficient (Wildman–Crippen LogP) is 4.80. The number of halogens is 1. The molecule has 4 aliphatic carbocycles. The van der Waals surface area contributed by atoms with Gasteiger partial charge >= 0.3 is 0 Å². The molecule has 1 aromatic carbocycles. The Morgan fingerprint density at radius 2 is 1.83 bits per heavy atom. The maximum absolute atomic E-state index is 11.4. The van der Waals surface area contributed by atoms with E-state index in [1.807, 2.05) is 6.07 Å². The average molecular weight is 558 g/mol. The van der Waals surface area contributed by atoms with Crippen LogP contribution >= 0.6 is 15.9 Å². The Morgan fingerprint density at radius 3 is 2.50 bits per heavy atom. The van der Waals surface area contributed by atoms with Crippen molar-refractivity contribution in [3.63, 3.8) is 0 Å². The van der Waals surface area contributed by atoms with Crippen LogP contribution < -0.4 is 14.8 Å². The highest BCUT2D eigenvalue weighted by Gasteiger charge is 2.53. The highest BCUT2D eigenvalue weighted by molar-refractivity contribution is 9.10. The van der Waals surface area contributed by atoms with Gasteiger partial charge in [0.2, 0.25) is 0 Å². The van der Waals surface area contributed by atoms with Crippen molar-refractivity contribution in [2.24, 2.45) is 23.2 Å². The number of aliphatic hydroxyl groups is 1. The number of nitrogens with one attached hydrogen (secondary N) is 1. The zero-order valence-electron chi connectivity index (χ0n) is 21.3. The van der Waals surface area contributed by atoms with Gasteiger partial charge in [-0.1, -0.05) is 0 Å². The van der Waals surface area contributed by atoms with Crippen LogP contribution in [0.15, 0.2) is 22.9 Å². The molecule has 7 nitrogen and oxygen atoms in total. The van der Waals surface area contributed by atoms with Crippen molar-refractivity contribution in [1.82, 2.24) is 14.9 Å². The number of anilines is 1. The first-order valence-corrected chi connectivity index (χ1v) is 14.1. The van der Waals surface area contributed by atoms with Crippen molar-refractivity contribution < 1.29 is 14.6 Å². The van der Waals surface area contributed by atoms with Gasteiger partial charge in [-0.05, 0) is 102 Å². The van der Waals surface area contributed by atoms with E-state index in [1.165, 1.54) is 44.1 Å². The van der Waals surface area contributed by atoms with Crippen molar-refractivity contribution in [1.29, 1.82) is 0 Å². The summed E-state index contributed by atoms with van der Waals surface area (Å²) in [5.74, 6) is 4.87. The van der Waals surface area contributed by atoms with E-state index < -0.39 is 0 Å². The van der Waals surface area contributed by atoms with Gasteiger partial charge in [-0.3, -0.25) is 4.90 Å². The fourth-order valence-corrected chi connectivity index (χ4v) is 8.66. The second kappa shape index (κ2) is 9.76. The Morgan fingerprint density at radius 1 is 1.11 bits per heavy atom. The topological polar surface area (TPSA) is 79.7 Å². The molecule has 1 atom stereocenters. The molecule has 4 fully saturated rings. The van der Waals surface area contributed by atoms with E-state index in [4.69, 9.17) is 9.47 Å². The summed E-state index contributed by atoms with van der Waals surface area (Å²) in [5.41, 5.74) is 3.55. The SMILES string of the molecule is COc1cc(CN2CCc3c(ncnc3NCC(O)C34CC5CC(CC(C5)C3)C4)C2)cc(Br)c1OC. The zero-order valence-corrected chi connectivity index (χ0v) is 22.9. The van der Waals surface area contributed by atoms with Gasteiger partial charge in [0.1, 0.15) is 12.1 Å². The molecular formula is C28H37BrN4O3. The molecule has 5 aliphatic rings. The summed E-state index contributed by atoms with van der Waals surface area (Å²) in [4.78, 5) is 11.6. The van der Waals surface area contributed by atoms with Gasteiger partial charge in [-0.15, -0.1) is 0 Å². The van der Waals surface area contributed by atoms with Crippen molar-refractivity contribution in [2.45, 2.75) is 64.1 Å². The first-order valence-electron chi connectivity index (χ1n) is 13.3. The molecule has 194 valence electrons. The summed E-state index contributed by atoms with van der Waals surface area (Å²) in [6.45, 7) is 3.09. The molecule has 0 saturated heterocycles. The quantitative estimate of drug-likeness (QED) is 0.483. The second-order valence-corrected chi connectivity index (χ2v) is 12.5. The minimum atomic E-state index is -0.305. The molecule has 1 aliphatic heterocycles. The molecule has 4 bridgehead atoms. The number of hydrogen-bond acceptors (Lipinski definition) is 7. The third-order valence-corrected chi connectivity index (χ3v) is 9.83. The standard InChI is InChI=1S/C28H37BrN4O3/c1-35-24-9-20(8-22(29)26(24)36-2)14-33-4-3-21-23(15-33)31-16-32-27(21)30-13-25(34)28-10-17-5-18(11-28)7-19(6-17)12-28/h8-9,16-19,25,34H,3-7,10-15H2,1-2H3,(H,30,31,32). The number of hydrogen-bond donors (Lipinski definition) is 2. The molecule has 1 unspecified atom stereocenters. The van der Waals surface area contributed by atoms with E-state index in [2.05, 4.69) is 42.2 Å². The van der Waals surface area contributed by atoms with Gasteiger partial charge in [0.25, 0.3) is 0 Å². The summed E-state index contributed by atoms with van der Waals surface area (Å²) in [7, 11) is 3.31. The number of benzene rings is 1. The summed E-state index contributed by atoms with van der Waals surface area (Å²) in [6, 6.07) is 4.13. The number of nitrogens with zero attached hydrogens (tertiary/aromatic N) is 3. The summed E-state index contributed by atoms with van der Waals surface area (Å²) >= 11 is 3.61. The summed E-state index contributed by atoms with van der Waals surface area (Å²) < 4.78 is 11.9. The van der Waals surface area contributed by atoms with E-state index in [1.54, 1.807) is 20.5 Å². The van der Waals surface area contributed by atoms with Gasteiger partial charge in [-0.2, -0.15) is 0 Å². The van der Waals surface area contributed by atoms with Crippen LogP contribution in [0.1, 0.15) is 55.3 Å². The molecule has 7 rings (SSSR count). The van der Waals surface area contributed by atoms with Gasteiger partial charge in [0, 0.05) is 31.7 Å². The van der Waals surface area contributed by atoms with E-state index in [-0.39, 0.29) is 11.5 Å². The maximum atomic E-state index is 11.4. The van der Waals surface area contributed by atoms with Crippen molar-refractivity contribution >= 4 is 21.7 Å². The molecule has 1 aromatic heterocycles. The molecule has 2 heterocycles. The molecule has 36 heavy (non-hydrogen) atoms. The second-order valence-electron chi connectivity index (χ2n) is 11.6. The Hall–Kier alpha value is -1.90. The number of fused-ring (bicyclic) bond motifs is 1. The number of aliphatic hydroxyl groups excluding tert-OH is 1. The first kappa shape index (κ1) is 24.4. The lowest BCUT2D eigenvalue weighted by atomic mass is 9.48. The lowest BCUT2D eigenvalue weighted by Gasteiger charge is -2.58. The van der Waals surface area contributed by atoms with Gasteiger partial charge in [0.15, 0.2) is 11.5 Å². The number of rotatable bonds is 8. The van der Waals surface area contributed by atoms with Crippen LogP contribution in [0.2, 0.25) is 0 Å². The molecule has 0 amide bonds. The van der Waals surface area contributed by atoms with Crippen molar-refractivity contribution in [3.8, 4) is 11.5 Å². The minimum absolute atomic E-state index is 0.124. The summed E-state index contributed by atoms with van der Waals surface area (Å²) in [6.07, 6.45) is 10.1. The highest BCUT2D eigenvalue weighted by Crippen LogP contribution is 2.61. The fourth-order valence-electron chi connectivity index (χ4n) is 8.01. The lowest BCUT2D eigenvalue weighted by molar-refractivity contribution is -0.115. The third-order valence-electron chi connectivity index (χ3n) is 9.24. The minimum Gasteiger partial charge on any atom is -0.493 e. The van der Waals surface area contributed by atoms with Gasteiger partial charge in [0.05, 0.1) is 30.5 Å². The lowest BCUT2D eigenvalue weighted by Crippen LogP contribution is -2.53. The summed E-state index contributed by atoms with van der Waals surface area (Å²) in [5, 5.41) is 14.9. The number of aromatic nitrogens is 2. The molecule has 0 spiro atoms. The maximum Gasteiger partial charge on any atom is 0.174 e. The molecule has 2 N–H and O–H groups in total. The van der Waals surface area contributed by atoms with E-state index in [9.17, 15) is 5.11 Å². The predicted molar refractivity (Wildman–Crippen MR) is 142 cm³/mol. The smallest absolute Gasteiger partial charge is 0.174 e. The van der Waals surface area contributed by atoms with Crippen molar-refractivity contribution in [3.05, 3.63) is 39.8 Å². The molecule has 4 saturated carbocycles. The van der Waals surface area contributed by atoms with Crippen LogP contribution in [0.4, 0.5) is 5.82 Å². The first-order chi connectivity index (χ1) is 17.5. The van der Waals surface area contributed by atoms with E-state index >= 15 is 0 Å². The molecule has 0 radical (unpaired) electrons. The normalized spacial score (nSPS) is 29.6. The van der Waals surface area contributed by atoms with Crippen LogP contribution in [-0.2, 0) is 19.5 Å². The molecular weight excluding hydrogens is 520 g/mol. The zero-order chi connectivity index (χ0) is 24.9. The fraction of sp³-hybridized carbons (Fsp3) is 0.643. The van der Waals surface area contributed by atoms with Crippen LogP contribution in [0.5, 0.6) is 11.5 Å². The van der Waals surface area contributed by atoms with Crippen LogP contribution in [0, 0.1) is 23.2 Å². The van der Waals surface area contributed by atoms with Gasteiger partial charge < -0.3 is 19.9 Å². The van der Waals surface area contributed by atoms with Crippen LogP contribution in [-0.4, -0.2) is 53.4 Å². The molecule has 8 heteroatoms. The Kier molecular flexibility index (Phi) is 6.63. The van der Waals surface area contributed by atoms with E-state index in [0.717, 1.165) is 71.1 Å². The van der Waals surface area contributed by atoms with Crippen molar-refractivity contribution in [2.75, 3.05) is 32.6 Å². The molecule has 2 aromatic rings. The highest BCUT2D eigenvalue weighted by atomic mass is 79.9. The Labute approximate surface area is 222 Å². The monoisotopic (exact) mass is 556 g/mol. The van der Waals surface area contributed by atoms with E-state index in [0.29, 0.717) is 12.3 Å². The largest absolute Gasteiger partial charge is 0.493 e. The third kappa shape index (κ3) is 4.50.